The van der Waals surface area contributed by atoms with Gasteiger partial charge in [-0.05, 0) is 12.1 Å². The number of halogens is 2. The van der Waals surface area contributed by atoms with Crippen LogP contribution in [-0.2, 0) is 13.2 Å². The standard InChI is InChI=1S/C13H11Cl2N3OS/c14-9-3-8(5-16)12(11(15)4-9)19-7-10-6-18-1-2-20-13(18)17-10/h1-4,6H,5,7,16H2. The molecule has 1 aromatic carbocycles. The smallest absolute Gasteiger partial charge is 0.193 e. The van der Waals surface area contributed by atoms with Crippen LogP contribution in [0, 0.1) is 0 Å². The van der Waals surface area contributed by atoms with Gasteiger partial charge in [-0.3, -0.25) is 4.40 Å². The van der Waals surface area contributed by atoms with Crippen molar-refractivity contribution in [1.82, 2.24) is 9.38 Å². The van der Waals surface area contributed by atoms with Crippen molar-refractivity contribution in [2.24, 2.45) is 5.73 Å². The quantitative estimate of drug-likeness (QED) is 0.794. The summed E-state index contributed by atoms with van der Waals surface area (Å²) in [5.74, 6) is 0.565. The van der Waals surface area contributed by atoms with Crippen molar-refractivity contribution in [3.63, 3.8) is 0 Å². The molecule has 0 atom stereocenters. The highest BCUT2D eigenvalue weighted by Crippen LogP contribution is 2.32. The Morgan fingerprint density at radius 2 is 2.20 bits per heavy atom. The molecule has 7 heteroatoms. The minimum absolute atomic E-state index is 0.313. The molecule has 2 aromatic heterocycles. The van der Waals surface area contributed by atoms with Gasteiger partial charge in [-0.2, -0.15) is 0 Å². The summed E-state index contributed by atoms with van der Waals surface area (Å²) in [6, 6.07) is 3.40. The second kappa shape index (κ2) is 5.61. The third-order valence-corrected chi connectivity index (χ3v) is 4.08. The molecule has 0 fully saturated rings. The molecule has 0 saturated carbocycles. The van der Waals surface area contributed by atoms with Crippen LogP contribution in [0.15, 0.2) is 29.9 Å². The molecule has 3 aromatic rings. The topological polar surface area (TPSA) is 52.5 Å². The molecule has 0 radical (unpaired) electrons. The van der Waals surface area contributed by atoms with E-state index in [1.807, 2.05) is 22.2 Å². The van der Waals surface area contributed by atoms with Crippen LogP contribution in [0.3, 0.4) is 0 Å². The summed E-state index contributed by atoms with van der Waals surface area (Å²) < 4.78 is 7.71. The second-order valence-electron chi connectivity index (χ2n) is 4.19. The predicted octanol–water partition coefficient (Wildman–Crippen LogP) is 3.74. The molecule has 0 saturated heterocycles. The van der Waals surface area contributed by atoms with E-state index in [0.717, 1.165) is 16.2 Å². The lowest BCUT2D eigenvalue weighted by molar-refractivity contribution is 0.299. The van der Waals surface area contributed by atoms with Crippen molar-refractivity contribution >= 4 is 39.5 Å². The first-order valence-electron chi connectivity index (χ1n) is 5.89. The Labute approximate surface area is 129 Å². The van der Waals surface area contributed by atoms with E-state index in [0.29, 0.717) is 28.9 Å². The van der Waals surface area contributed by atoms with Crippen LogP contribution in [-0.4, -0.2) is 9.38 Å². The average molecular weight is 328 g/mol. The van der Waals surface area contributed by atoms with Crippen LogP contribution in [0.2, 0.25) is 10.0 Å². The van der Waals surface area contributed by atoms with Gasteiger partial charge in [0.2, 0.25) is 0 Å². The average Bonchev–Trinajstić information content (AvgIpc) is 2.97. The molecule has 0 aliphatic rings. The lowest BCUT2D eigenvalue weighted by Crippen LogP contribution is -2.03. The van der Waals surface area contributed by atoms with Crippen LogP contribution < -0.4 is 10.5 Å². The van der Waals surface area contributed by atoms with Gasteiger partial charge in [0.25, 0.3) is 0 Å². The first-order chi connectivity index (χ1) is 9.67. The summed E-state index contributed by atoms with van der Waals surface area (Å²) in [6.07, 6.45) is 3.88. The van der Waals surface area contributed by atoms with Gasteiger partial charge in [0, 0.05) is 34.9 Å². The molecule has 2 N–H and O–H groups in total. The molecule has 0 unspecified atom stereocenters. The normalized spacial score (nSPS) is 11.2. The van der Waals surface area contributed by atoms with Gasteiger partial charge >= 0.3 is 0 Å². The molecule has 20 heavy (non-hydrogen) atoms. The van der Waals surface area contributed by atoms with E-state index in [-0.39, 0.29) is 0 Å². The number of fused-ring (bicyclic) bond motifs is 1. The number of nitrogens with two attached hydrogens (primary N) is 1. The molecule has 104 valence electrons. The Bertz CT molecular complexity index is 725. The summed E-state index contributed by atoms with van der Waals surface area (Å²) in [5.41, 5.74) is 7.31. The van der Waals surface area contributed by atoms with Crippen LogP contribution in [0.1, 0.15) is 11.3 Å². The fourth-order valence-electron chi connectivity index (χ4n) is 1.92. The van der Waals surface area contributed by atoms with Crippen molar-refractivity contribution in [3.05, 3.63) is 51.2 Å². The molecular weight excluding hydrogens is 317 g/mol. The molecule has 0 amide bonds. The Morgan fingerprint density at radius 3 is 2.95 bits per heavy atom. The number of nitrogens with zero attached hydrogens (tertiary/aromatic N) is 2. The zero-order valence-corrected chi connectivity index (χ0v) is 12.7. The third-order valence-electron chi connectivity index (χ3n) is 2.81. The summed E-state index contributed by atoms with van der Waals surface area (Å²) in [6.45, 7) is 0.649. The maximum atomic E-state index is 6.15. The monoisotopic (exact) mass is 327 g/mol. The van der Waals surface area contributed by atoms with Crippen molar-refractivity contribution in [3.8, 4) is 5.75 Å². The minimum atomic E-state index is 0.313. The zero-order chi connectivity index (χ0) is 14.1. The summed E-state index contributed by atoms with van der Waals surface area (Å²) in [4.78, 5) is 5.38. The number of hydrogen-bond acceptors (Lipinski definition) is 4. The molecule has 0 spiro atoms. The highest BCUT2D eigenvalue weighted by Gasteiger charge is 2.11. The fraction of sp³-hybridized carbons (Fsp3) is 0.154. The number of benzene rings is 1. The molecular formula is C13H11Cl2N3OS. The van der Waals surface area contributed by atoms with Crippen LogP contribution in [0.5, 0.6) is 5.75 Å². The van der Waals surface area contributed by atoms with E-state index in [4.69, 9.17) is 33.7 Å². The number of thiazole rings is 1. The van der Waals surface area contributed by atoms with E-state index in [1.165, 1.54) is 0 Å². The Morgan fingerprint density at radius 1 is 1.35 bits per heavy atom. The Kier molecular flexibility index (Phi) is 3.85. The van der Waals surface area contributed by atoms with Gasteiger partial charge in [0.15, 0.2) is 4.96 Å². The zero-order valence-electron chi connectivity index (χ0n) is 10.3. The van der Waals surface area contributed by atoms with E-state index >= 15 is 0 Å². The first-order valence-corrected chi connectivity index (χ1v) is 7.53. The maximum Gasteiger partial charge on any atom is 0.193 e. The molecule has 0 aliphatic carbocycles. The van der Waals surface area contributed by atoms with Gasteiger partial charge in [-0.25, -0.2) is 4.98 Å². The van der Waals surface area contributed by atoms with Crippen LogP contribution in [0.4, 0.5) is 0 Å². The van der Waals surface area contributed by atoms with Crippen molar-refractivity contribution in [2.75, 3.05) is 0 Å². The second-order valence-corrected chi connectivity index (χ2v) is 5.91. The van der Waals surface area contributed by atoms with Gasteiger partial charge in [0.05, 0.1) is 10.7 Å². The highest BCUT2D eigenvalue weighted by atomic mass is 35.5. The van der Waals surface area contributed by atoms with Gasteiger partial charge in [-0.15, -0.1) is 11.3 Å². The first kappa shape index (κ1) is 13.7. The minimum Gasteiger partial charge on any atom is -0.485 e. The number of aromatic nitrogens is 2. The van der Waals surface area contributed by atoms with Crippen molar-refractivity contribution < 1.29 is 4.74 Å². The molecule has 4 nitrogen and oxygen atoms in total. The fourth-order valence-corrected chi connectivity index (χ4v) is 3.23. The number of imidazole rings is 1. The molecule has 0 bridgehead atoms. The lowest BCUT2D eigenvalue weighted by atomic mass is 10.2. The SMILES string of the molecule is NCc1cc(Cl)cc(Cl)c1OCc1cn2ccsc2n1. The molecule has 2 heterocycles. The van der Waals surface area contributed by atoms with E-state index in [2.05, 4.69) is 4.98 Å². The van der Waals surface area contributed by atoms with E-state index < -0.39 is 0 Å². The summed E-state index contributed by atoms with van der Waals surface area (Å²) in [7, 11) is 0. The predicted molar refractivity (Wildman–Crippen MR) is 81.8 cm³/mol. The van der Waals surface area contributed by atoms with Gasteiger partial charge < -0.3 is 10.5 Å². The third kappa shape index (κ3) is 2.62. The molecule has 0 aliphatic heterocycles. The number of ether oxygens (including phenoxy) is 1. The number of rotatable bonds is 4. The molecule has 3 rings (SSSR count). The van der Waals surface area contributed by atoms with Gasteiger partial charge in [0.1, 0.15) is 12.4 Å². The largest absolute Gasteiger partial charge is 0.485 e. The van der Waals surface area contributed by atoms with Crippen LogP contribution in [0.25, 0.3) is 4.96 Å². The summed E-state index contributed by atoms with van der Waals surface area (Å²) in [5, 5.41) is 2.99. The Balaban J connectivity index is 1.82. The van der Waals surface area contributed by atoms with E-state index in [9.17, 15) is 0 Å². The number of hydrogen-bond donors (Lipinski definition) is 1. The Hall–Kier alpha value is -1.27. The van der Waals surface area contributed by atoms with Crippen molar-refractivity contribution in [1.29, 1.82) is 0 Å². The summed E-state index contributed by atoms with van der Waals surface area (Å²) >= 11 is 13.7. The van der Waals surface area contributed by atoms with Gasteiger partial charge in [-0.1, -0.05) is 23.2 Å². The lowest BCUT2D eigenvalue weighted by Gasteiger charge is -2.11. The highest BCUT2D eigenvalue weighted by molar-refractivity contribution is 7.15. The van der Waals surface area contributed by atoms with Crippen LogP contribution >= 0.6 is 34.5 Å². The maximum absolute atomic E-state index is 6.15. The van der Waals surface area contributed by atoms with Crippen molar-refractivity contribution in [2.45, 2.75) is 13.2 Å². The van der Waals surface area contributed by atoms with E-state index in [1.54, 1.807) is 23.5 Å².